The highest BCUT2D eigenvalue weighted by Crippen LogP contribution is 2.25. The van der Waals surface area contributed by atoms with E-state index in [9.17, 15) is 0 Å². The predicted octanol–water partition coefficient (Wildman–Crippen LogP) is 3.55. The molecule has 0 aliphatic heterocycles. The minimum atomic E-state index is 1.09. The summed E-state index contributed by atoms with van der Waals surface area (Å²) >= 11 is 5.16. The predicted molar refractivity (Wildman–Crippen MR) is 50.0 cm³/mol. The lowest BCUT2D eigenvalue weighted by Crippen LogP contribution is -1.75. The molecular formula is C7H11BrS. The van der Waals surface area contributed by atoms with E-state index in [0.29, 0.717) is 0 Å². The molecule has 0 bridgehead atoms. The van der Waals surface area contributed by atoms with Crippen LogP contribution >= 0.6 is 27.7 Å². The number of halogens is 1. The van der Waals surface area contributed by atoms with E-state index in [1.54, 1.807) is 11.8 Å². The van der Waals surface area contributed by atoms with Crippen molar-refractivity contribution in [2.45, 2.75) is 13.8 Å². The third-order valence-electron chi connectivity index (χ3n) is 0.990. The molecule has 0 saturated carbocycles. The normalized spacial score (nSPS) is 12.9. The summed E-state index contributed by atoms with van der Waals surface area (Å²) in [5.74, 6) is 0. The second kappa shape index (κ2) is 4.18. The molecule has 0 atom stereocenters. The van der Waals surface area contributed by atoms with Crippen LogP contribution in [0.15, 0.2) is 21.5 Å². The molecule has 0 aromatic carbocycles. The molecule has 0 spiro atoms. The van der Waals surface area contributed by atoms with Crippen LogP contribution in [0.4, 0.5) is 0 Å². The Labute approximate surface area is 69.5 Å². The molecule has 0 saturated heterocycles. The van der Waals surface area contributed by atoms with Gasteiger partial charge in [-0.1, -0.05) is 6.58 Å². The molecular weight excluding hydrogens is 196 g/mol. The molecule has 0 aliphatic rings. The Hall–Kier alpha value is 0.310. The third-order valence-corrected chi connectivity index (χ3v) is 3.34. The number of hydrogen-bond donors (Lipinski definition) is 0. The fourth-order valence-electron chi connectivity index (χ4n) is 0.390. The van der Waals surface area contributed by atoms with Gasteiger partial charge in [-0.15, -0.1) is 11.8 Å². The molecule has 0 heterocycles. The Morgan fingerprint density at radius 1 is 1.44 bits per heavy atom. The fraction of sp³-hybridized carbons (Fsp3) is 0.429. The Morgan fingerprint density at radius 2 is 1.89 bits per heavy atom. The maximum Gasteiger partial charge on any atom is 0.0290 e. The second-order valence-electron chi connectivity index (χ2n) is 1.85. The van der Waals surface area contributed by atoms with Crippen LogP contribution in [0.2, 0.25) is 0 Å². The molecule has 0 fully saturated rings. The van der Waals surface area contributed by atoms with Gasteiger partial charge in [-0.05, 0) is 46.5 Å². The van der Waals surface area contributed by atoms with E-state index in [0.717, 1.165) is 10.1 Å². The van der Waals surface area contributed by atoms with Crippen LogP contribution in [0.1, 0.15) is 13.8 Å². The van der Waals surface area contributed by atoms with Crippen molar-refractivity contribution in [3.63, 3.8) is 0 Å². The lowest BCUT2D eigenvalue weighted by atomic mass is 10.3. The van der Waals surface area contributed by atoms with Crippen molar-refractivity contribution in [1.82, 2.24) is 0 Å². The average molecular weight is 207 g/mol. The van der Waals surface area contributed by atoms with Gasteiger partial charge in [-0.25, -0.2) is 0 Å². The average Bonchev–Trinajstić information content (AvgIpc) is 1.84. The summed E-state index contributed by atoms with van der Waals surface area (Å²) in [5.41, 5.74) is 1.09. The molecule has 0 unspecified atom stereocenters. The van der Waals surface area contributed by atoms with E-state index < -0.39 is 0 Å². The quantitative estimate of drug-likeness (QED) is 0.624. The summed E-state index contributed by atoms with van der Waals surface area (Å²) in [4.78, 5) is 1.28. The first-order valence-electron chi connectivity index (χ1n) is 2.65. The van der Waals surface area contributed by atoms with Crippen LogP contribution in [0, 0.1) is 0 Å². The molecule has 0 nitrogen and oxygen atoms in total. The topological polar surface area (TPSA) is 0 Å². The van der Waals surface area contributed by atoms with Crippen molar-refractivity contribution < 1.29 is 0 Å². The Morgan fingerprint density at radius 3 is 2.00 bits per heavy atom. The number of hydrogen-bond acceptors (Lipinski definition) is 1. The smallest absolute Gasteiger partial charge is 0.0290 e. The molecule has 0 N–H and O–H groups in total. The molecule has 9 heavy (non-hydrogen) atoms. The molecule has 52 valence electrons. The number of thioether (sulfide) groups is 1. The fourth-order valence-corrected chi connectivity index (χ4v) is 1.23. The zero-order valence-corrected chi connectivity index (χ0v) is 8.40. The Bertz CT molecular complexity index is 147. The van der Waals surface area contributed by atoms with Crippen LogP contribution in [0.5, 0.6) is 0 Å². The van der Waals surface area contributed by atoms with Gasteiger partial charge >= 0.3 is 0 Å². The van der Waals surface area contributed by atoms with Gasteiger partial charge in [-0.3, -0.25) is 0 Å². The van der Waals surface area contributed by atoms with Gasteiger partial charge in [0.05, 0.1) is 0 Å². The van der Waals surface area contributed by atoms with Crippen molar-refractivity contribution in [3.05, 3.63) is 21.5 Å². The van der Waals surface area contributed by atoms with Crippen molar-refractivity contribution in [3.8, 4) is 0 Å². The van der Waals surface area contributed by atoms with Gasteiger partial charge in [0, 0.05) is 4.48 Å². The summed E-state index contributed by atoms with van der Waals surface area (Å²) < 4.78 is 1.13. The summed E-state index contributed by atoms with van der Waals surface area (Å²) in [5, 5.41) is 0. The van der Waals surface area contributed by atoms with E-state index in [-0.39, 0.29) is 0 Å². The number of rotatable bonds is 2. The van der Waals surface area contributed by atoms with E-state index in [1.807, 2.05) is 6.92 Å². The van der Waals surface area contributed by atoms with Gasteiger partial charge in [-0.2, -0.15) is 0 Å². The van der Waals surface area contributed by atoms with Gasteiger partial charge < -0.3 is 0 Å². The zero-order valence-electron chi connectivity index (χ0n) is 5.99. The standard InChI is InChI=1S/C7H11BrS/c1-5(2)7(8)6(3)9-4/h1H2,2-4H3/b7-6+. The molecule has 0 aliphatic carbocycles. The third kappa shape index (κ3) is 3.11. The van der Waals surface area contributed by atoms with Crippen molar-refractivity contribution in [2.24, 2.45) is 0 Å². The Kier molecular flexibility index (Phi) is 4.32. The van der Waals surface area contributed by atoms with Crippen LogP contribution in [0.3, 0.4) is 0 Å². The van der Waals surface area contributed by atoms with E-state index >= 15 is 0 Å². The largest absolute Gasteiger partial charge is 0.133 e. The van der Waals surface area contributed by atoms with Crippen LogP contribution in [0.25, 0.3) is 0 Å². The summed E-state index contributed by atoms with van der Waals surface area (Å²) in [7, 11) is 0. The highest BCUT2D eigenvalue weighted by atomic mass is 79.9. The lowest BCUT2D eigenvalue weighted by Gasteiger charge is -2.00. The first-order chi connectivity index (χ1) is 4.09. The maximum atomic E-state index is 3.81. The molecule has 2 heteroatoms. The van der Waals surface area contributed by atoms with Gasteiger partial charge in [0.25, 0.3) is 0 Å². The monoisotopic (exact) mass is 206 g/mol. The SMILES string of the molecule is C=C(C)/C(Br)=C(/C)SC. The van der Waals surface area contributed by atoms with Crippen LogP contribution < -0.4 is 0 Å². The first kappa shape index (κ1) is 9.31. The van der Waals surface area contributed by atoms with Crippen molar-refractivity contribution in [2.75, 3.05) is 6.26 Å². The highest BCUT2D eigenvalue weighted by molar-refractivity contribution is 9.12. The molecule has 0 aromatic heterocycles. The van der Waals surface area contributed by atoms with Gasteiger partial charge in [0.15, 0.2) is 0 Å². The van der Waals surface area contributed by atoms with E-state index in [1.165, 1.54) is 4.91 Å². The zero-order chi connectivity index (χ0) is 7.44. The summed E-state index contributed by atoms with van der Waals surface area (Å²) in [6, 6.07) is 0. The van der Waals surface area contributed by atoms with E-state index in [4.69, 9.17) is 0 Å². The van der Waals surface area contributed by atoms with Crippen LogP contribution in [-0.2, 0) is 0 Å². The Balaban J connectivity index is 4.28. The molecule has 0 rings (SSSR count). The molecule has 0 amide bonds. The second-order valence-corrected chi connectivity index (χ2v) is 3.67. The van der Waals surface area contributed by atoms with Crippen molar-refractivity contribution >= 4 is 27.7 Å². The van der Waals surface area contributed by atoms with E-state index in [2.05, 4.69) is 35.7 Å². The minimum absolute atomic E-state index is 1.09. The van der Waals surface area contributed by atoms with Gasteiger partial charge in [0.2, 0.25) is 0 Å². The summed E-state index contributed by atoms with van der Waals surface area (Å²) in [6.07, 6.45) is 2.06. The van der Waals surface area contributed by atoms with Crippen LogP contribution in [-0.4, -0.2) is 6.26 Å². The minimum Gasteiger partial charge on any atom is -0.133 e. The highest BCUT2D eigenvalue weighted by Gasteiger charge is 1.95. The maximum absolute atomic E-state index is 3.81. The summed E-state index contributed by atoms with van der Waals surface area (Å²) in [6.45, 7) is 7.87. The molecule has 0 aromatic rings. The number of allylic oxidation sites excluding steroid dienone is 3. The van der Waals surface area contributed by atoms with Crippen molar-refractivity contribution in [1.29, 1.82) is 0 Å². The first-order valence-corrected chi connectivity index (χ1v) is 4.67. The van der Waals surface area contributed by atoms with Gasteiger partial charge in [0.1, 0.15) is 0 Å². The molecule has 0 radical (unpaired) electrons. The lowest BCUT2D eigenvalue weighted by molar-refractivity contribution is 1.50.